The standard InChI is InChI=1S/C25H28N4O3S/c1-20-7-9-23(10-8-20)33(31,32)29-17-15-28(16-18-29)19-24(30)27-25(21-5-3-2-4-6-21)22-11-13-26-14-12-22/h2-14,25H,15-19H2,1H3,(H,27,30). The minimum absolute atomic E-state index is 0.101. The largest absolute Gasteiger partial charge is 0.344 e. The molecule has 0 bridgehead atoms. The van der Waals surface area contributed by atoms with Crippen molar-refractivity contribution in [2.24, 2.45) is 0 Å². The van der Waals surface area contributed by atoms with E-state index in [1.54, 1.807) is 36.7 Å². The smallest absolute Gasteiger partial charge is 0.243 e. The number of carbonyl (C=O) groups is 1. The number of benzene rings is 2. The van der Waals surface area contributed by atoms with E-state index in [-0.39, 0.29) is 18.5 Å². The van der Waals surface area contributed by atoms with Gasteiger partial charge in [0.15, 0.2) is 0 Å². The van der Waals surface area contributed by atoms with Gasteiger partial charge in [0, 0.05) is 38.6 Å². The van der Waals surface area contributed by atoms with Crippen LogP contribution in [0.4, 0.5) is 0 Å². The second-order valence-electron chi connectivity index (χ2n) is 8.19. The molecule has 3 aromatic rings. The highest BCUT2D eigenvalue weighted by Gasteiger charge is 2.29. The van der Waals surface area contributed by atoms with E-state index in [0.29, 0.717) is 31.1 Å². The Morgan fingerprint density at radius 3 is 2.15 bits per heavy atom. The third-order valence-corrected chi connectivity index (χ3v) is 7.75. The van der Waals surface area contributed by atoms with Crippen LogP contribution in [0, 0.1) is 6.92 Å². The summed E-state index contributed by atoms with van der Waals surface area (Å²) in [5, 5.41) is 3.13. The van der Waals surface area contributed by atoms with Crippen LogP contribution in [0.25, 0.3) is 0 Å². The summed E-state index contributed by atoms with van der Waals surface area (Å²) < 4.78 is 27.3. The molecule has 2 heterocycles. The predicted molar refractivity (Wildman–Crippen MR) is 127 cm³/mol. The molecule has 1 amide bonds. The van der Waals surface area contributed by atoms with Crippen LogP contribution in [0.1, 0.15) is 22.7 Å². The van der Waals surface area contributed by atoms with Gasteiger partial charge in [-0.25, -0.2) is 8.42 Å². The summed E-state index contributed by atoms with van der Waals surface area (Å²) in [6.07, 6.45) is 3.43. The average molecular weight is 465 g/mol. The molecular formula is C25H28N4O3S. The Balaban J connectivity index is 1.37. The number of pyridine rings is 1. The first-order valence-corrected chi connectivity index (χ1v) is 12.4. The van der Waals surface area contributed by atoms with Gasteiger partial charge in [0.05, 0.1) is 17.5 Å². The molecule has 1 aromatic heterocycles. The average Bonchev–Trinajstić information content (AvgIpc) is 2.84. The summed E-state index contributed by atoms with van der Waals surface area (Å²) in [6.45, 7) is 3.86. The van der Waals surface area contributed by atoms with Gasteiger partial charge in [0.25, 0.3) is 0 Å². The number of nitrogens with zero attached hydrogens (tertiary/aromatic N) is 3. The first-order valence-electron chi connectivity index (χ1n) is 11.0. The zero-order chi connectivity index (χ0) is 23.3. The zero-order valence-electron chi connectivity index (χ0n) is 18.6. The Bertz CT molecular complexity index is 1120. The van der Waals surface area contributed by atoms with Crippen molar-refractivity contribution in [1.82, 2.24) is 19.5 Å². The van der Waals surface area contributed by atoms with E-state index in [1.807, 2.05) is 54.3 Å². The summed E-state index contributed by atoms with van der Waals surface area (Å²) >= 11 is 0. The number of sulfonamides is 1. The Kier molecular flexibility index (Phi) is 7.17. The van der Waals surface area contributed by atoms with Gasteiger partial charge in [-0.15, -0.1) is 0 Å². The van der Waals surface area contributed by atoms with Crippen LogP contribution in [0.2, 0.25) is 0 Å². The lowest BCUT2D eigenvalue weighted by Crippen LogP contribution is -2.51. The van der Waals surface area contributed by atoms with Gasteiger partial charge in [-0.05, 0) is 42.3 Å². The monoisotopic (exact) mass is 464 g/mol. The van der Waals surface area contributed by atoms with Crippen LogP contribution in [0.3, 0.4) is 0 Å². The van der Waals surface area contributed by atoms with Gasteiger partial charge in [-0.1, -0.05) is 48.0 Å². The molecule has 33 heavy (non-hydrogen) atoms. The van der Waals surface area contributed by atoms with Crippen LogP contribution < -0.4 is 5.32 Å². The highest BCUT2D eigenvalue weighted by Crippen LogP contribution is 2.22. The first kappa shape index (κ1) is 23.1. The van der Waals surface area contributed by atoms with E-state index >= 15 is 0 Å². The molecule has 0 aliphatic carbocycles. The topological polar surface area (TPSA) is 82.6 Å². The van der Waals surface area contributed by atoms with Crippen LogP contribution in [0.5, 0.6) is 0 Å². The molecule has 0 saturated carbocycles. The molecule has 1 fully saturated rings. The molecule has 1 saturated heterocycles. The molecule has 1 aliphatic heterocycles. The number of piperazine rings is 1. The van der Waals surface area contributed by atoms with Crippen molar-refractivity contribution < 1.29 is 13.2 Å². The van der Waals surface area contributed by atoms with E-state index in [2.05, 4.69) is 10.3 Å². The van der Waals surface area contributed by atoms with Gasteiger partial charge < -0.3 is 5.32 Å². The highest BCUT2D eigenvalue weighted by molar-refractivity contribution is 7.89. The molecule has 0 spiro atoms. The number of aryl methyl sites for hydroxylation is 1. The quantitative estimate of drug-likeness (QED) is 0.581. The van der Waals surface area contributed by atoms with Crippen LogP contribution >= 0.6 is 0 Å². The fraction of sp³-hybridized carbons (Fsp3) is 0.280. The molecular weight excluding hydrogens is 436 g/mol. The summed E-state index contributed by atoms with van der Waals surface area (Å²) in [7, 11) is -3.52. The van der Waals surface area contributed by atoms with Gasteiger partial charge in [0.2, 0.25) is 15.9 Å². The van der Waals surface area contributed by atoms with E-state index < -0.39 is 10.0 Å². The first-order chi connectivity index (χ1) is 15.9. The minimum atomic E-state index is -3.52. The Labute approximate surface area is 195 Å². The van der Waals surface area contributed by atoms with Crippen LogP contribution in [-0.2, 0) is 14.8 Å². The third kappa shape index (κ3) is 5.65. The number of nitrogens with one attached hydrogen (secondary N) is 1. The second kappa shape index (κ2) is 10.2. The maximum Gasteiger partial charge on any atom is 0.243 e. The summed E-state index contributed by atoms with van der Waals surface area (Å²) in [5.74, 6) is -0.101. The van der Waals surface area contributed by atoms with E-state index in [0.717, 1.165) is 16.7 Å². The lowest BCUT2D eigenvalue weighted by molar-refractivity contribution is -0.123. The van der Waals surface area contributed by atoms with Gasteiger partial charge >= 0.3 is 0 Å². The summed E-state index contributed by atoms with van der Waals surface area (Å²) in [4.78, 5) is 19.3. The van der Waals surface area contributed by atoms with Gasteiger partial charge in [-0.3, -0.25) is 14.7 Å². The number of carbonyl (C=O) groups excluding carboxylic acids is 1. The maximum atomic E-state index is 12.9. The Morgan fingerprint density at radius 2 is 1.52 bits per heavy atom. The van der Waals surface area contributed by atoms with Crippen molar-refractivity contribution in [2.75, 3.05) is 32.7 Å². The molecule has 7 nitrogen and oxygen atoms in total. The number of hydrogen-bond donors (Lipinski definition) is 1. The van der Waals surface area contributed by atoms with Crippen molar-refractivity contribution in [3.05, 3.63) is 95.8 Å². The fourth-order valence-corrected chi connectivity index (χ4v) is 5.38. The molecule has 8 heteroatoms. The molecule has 2 aromatic carbocycles. The number of rotatable bonds is 7. The number of amides is 1. The third-order valence-electron chi connectivity index (χ3n) is 5.83. The highest BCUT2D eigenvalue weighted by atomic mass is 32.2. The van der Waals surface area contributed by atoms with E-state index in [4.69, 9.17) is 0 Å². The summed E-state index contributed by atoms with van der Waals surface area (Å²) in [5.41, 5.74) is 2.97. The van der Waals surface area contributed by atoms with Crippen molar-refractivity contribution >= 4 is 15.9 Å². The van der Waals surface area contributed by atoms with Crippen molar-refractivity contribution in [3.8, 4) is 0 Å². The minimum Gasteiger partial charge on any atom is -0.344 e. The van der Waals surface area contributed by atoms with Crippen molar-refractivity contribution in [1.29, 1.82) is 0 Å². The number of hydrogen-bond acceptors (Lipinski definition) is 5. The van der Waals surface area contributed by atoms with E-state index in [1.165, 1.54) is 4.31 Å². The fourth-order valence-electron chi connectivity index (χ4n) is 3.96. The molecule has 1 aliphatic rings. The number of aromatic nitrogens is 1. The lowest BCUT2D eigenvalue weighted by atomic mass is 9.99. The SMILES string of the molecule is Cc1ccc(S(=O)(=O)N2CCN(CC(=O)NC(c3ccccc3)c3ccncc3)CC2)cc1. The van der Waals surface area contributed by atoms with Gasteiger partial charge in [0.1, 0.15) is 0 Å². The normalized spacial score (nSPS) is 16.3. The molecule has 0 radical (unpaired) electrons. The van der Waals surface area contributed by atoms with E-state index in [9.17, 15) is 13.2 Å². The van der Waals surface area contributed by atoms with Crippen LogP contribution in [-0.4, -0.2) is 61.2 Å². The van der Waals surface area contributed by atoms with Crippen molar-refractivity contribution in [3.63, 3.8) is 0 Å². The van der Waals surface area contributed by atoms with Gasteiger partial charge in [-0.2, -0.15) is 4.31 Å². The van der Waals surface area contributed by atoms with Crippen LogP contribution in [0.15, 0.2) is 84.0 Å². The zero-order valence-corrected chi connectivity index (χ0v) is 19.4. The molecule has 1 N–H and O–H groups in total. The second-order valence-corrected chi connectivity index (χ2v) is 10.1. The Morgan fingerprint density at radius 1 is 0.909 bits per heavy atom. The maximum absolute atomic E-state index is 12.9. The molecule has 172 valence electrons. The Hall–Kier alpha value is -3.07. The van der Waals surface area contributed by atoms with Crippen molar-refractivity contribution in [2.45, 2.75) is 17.9 Å². The lowest BCUT2D eigenvalue weighted by Gasteiger charge is -2.34. The summed E-state index contributed by atoms with van der Waals surface area (Å²) in [6, 6.07) is 20.2. The molecule has 1 unspecified atom stereocenters. The predicted octanol–water partition coefficient (Wildman–Crippen LogP) is 2.60. The molecule has 4 rings (SSSR count). The molecule has 1 atom stereocenters.